The van der Waals surface area contributed by atoms with E-state index in [1.807, 2.05) is 36.1 Å². The predicted molar refractivity (Wildman–Crippen MR) is 88.2 cm³/mol. The van der Waals surface area contributed by atoms with Crippen molar-refractivity contribution in [3.63, 3.8) is 0 Å². The Kier molecular flexibility index (Phi) is 4.25. The number of hydrogen-bond donors (Lipinski definition) is 0. The highest BCUT2D eigenvalue weighted by Crippen LogP contribution is 2.29. The second kappa shape index (κ2) is 6.17. The summed E-state index contributed by atoms with van der Waals surface area (Å²) in [6.07, 6.45) is 3.33. The first-order valence-electron chi connectivity index (χ1n) is 7.73. The molecule has 1 saturated heterocycles. The first-order chi connectivity index (χ1) is 10.6. The lowest BCUT2D eigenvalue weighted by molar-refractivity contribution is 0.0604. The number of carbonyl (C=O) groups excluding carboxylic acids is 1. The van der Waals surface area contributed by atoms with Gasteiger partial charge in [-0.2, -0.15) is 0 Å². The Labute approximate surface area is 135 Å². The molecule has 2 heterocycles. The number of piperidine rings is 1. The number of carbonyl (C=O) groups is 1. The molecule has 2 aromatic rings. The third-order valence-corrected chi connectivity index (χ3v) is 4.57. The van der Waals surface area contributed by atoms with E-state index in [4.69, 9.17) is 16.0 Å². The van der Waals surface area contributed by atoms with Crippen molar-refractivity contribution in [1.82, 2.24) is 4.90 Å². The van der Waals surface area contributed by atoms with Crippen LogP contribution in [-0.2, 0) is 0 Å². The second-order valence-corrected chi connectivity index (χ2v) is 6.40. The number of hydrogen-bond acceptors (Lipinski definition) is 2. The van der Waals surface area contributed by atoms with E-state index in [0.717, 1.165) is 30.5 Å². The van der Waals surface area contributed by atoms with Gasteiger partial charge in [0.15, 0.2) is 5.76 Å². The Hall–Kier alpha value is -1.74. The van der Waals surface area contributed by atoms with Gasteiger partial charge >= 0.3 is 0 Å². The molecule has 1 aliphatic rings. The molecule has 1 atom stereocenters. The Morgan fingerprint density at radius 3 is 2.82 bits per heavy atom. The summed E-state index contributed by atoms with van der Waals surface area (Å²) in [7, 11) is 0. The molecule has 0 aliphatic carbocycles. The van der Waals surface area contributed by atoms with Crippen molar-refractivity contribution >= 4 is 17.5 Å². The smallest absolute Gasteiger partial charge is 0.289 e. The average Bonchev–Trinajstić information content (AvgIpc) is 2.96. The van der Waals surface area contributed by atoms with Gasteiger partial charge in [0.1, 0.15) is 5.76 Å². The Bertz CT molecular complexity index is 692. The van der Waals surface area contributed by atoms with Gasteiger partial charge in [0.2, 0.25) is 0 Å². The SMILES string of the molecule is Cc1cc(Cl)ccc1-c1ccc(C(=O)N2CCCC[C@@H]2C)o1. The number of benzene rings is 1. The molecule has 1 fully saturated rings. The summed E-state index contributed by atoms with van der Waals surface area (Å²) in [5, 5.41) is 0.700. The van der Waals surface area contributed by atoms with Gasteiger partial charge < -0.3 is 9.32 Å². The van der Waals surface area contributed by atoms with Gasteiger partial charge in [0.05, 0.1) is 0 Å². The van der Waals surface area contributed by atoms with Crippen LogP contribution in [0.25, 0.3) is 11.3 Å². The number of rotatable bonds is 2. The number of halogens is 1. The molecule has 22 heavy (non-hydrogen) atoms. The molecule has 1 aliphatic heterocycles. The molecule has 1 amide bonds. The van der Waals surface area contributed by atoms with Crippen molar-refractivity contribution in [2.75, 3.05) is 6.54 Å². The van der Waals surface area contributed by atoms with E-state index in [9.17, 15) is 4.79 Å². The summed E-state index contributed by atoms with van der Waals surface area (Å²) < 4.78 is 5.82. The van der Waals surface area contributed by atoms with Gasteiger partial charge in [0.25, 0.3) is 5.91 Å². The Morgan fingerprint density at radius 1 is 1.27 bits per heavy atom. The van der Waals surface area contributed by atoms with Crippen molar-refractivity contribution in [2.45, 2.75) is 39.2 Å². The average molecular weight is 318 g/mol. The van der Waals surface area contributed by atoms with E-state index >= 15 is 0 Å². The van der Waals surface area contributed by atoms with Crippen LogP contribution in [0, 0.1) is 6.92 Å². The number of nitrogens with zero attached hydrogens (tertiary/aromatic N) is 1. The van der Waals surface area contributed by atoms with Gasteiger partial charge in [-0.25, -0.2) is 0 Å². The van der Waals surface area contributed by atoms with Crippen LogP contribution >= 0.6 is 11.6 Å². The maximum absolute atomic E-state index is 12.6. The zero-order chi connectivity index (χ0) is 15.7. The van der Waals surface area contributed by atoms with E-state index in [2.05, 4.69) is 6.92 Å². The van der Waals surface area contributed by atoms with Crippen molar-refractivity contribution in [1.29, 1.82) is 0 Å². The highest BCUT2D eigenvalue weighted by Gasteiger charge is 2.26. The summed E-state index contributed by atoms with van der Waals surface area (Å²) in [5.41, 5.74) is 2.00. The first kappa shape index (κ1) is 15.2. The van der Waals surface area contributed by atoms with Crippen molar-refractivity contribution in [3.05, 3.63) is 46.7 Å². The van der Waals surface area contributed by atoms with Crippen LogP contribution in [0.15, 0.2) is 34.7 Å². The molecule has 0 radical (unpaired) electrons. The van der Waals surface area contributed by atoms with Crippen LogP contribution in [0.3, 0.4) is 0 Å². The number of aryl methyl sites for hydroxylation is 1. The fourth-order valence-corrected chi connectivity index (χ4v) is 3.27. The van der Waals surface area contributed by atoms with Gasteiger partial charge in [-0.3, -0.25) is 4.79 Å². The standard InChI is InChI=1S/C18H20ClNO2/c1-12-11-14(19)6-7-15(12)16-8-9-17(22-16)18(21)20-10-4-3-5-13(20)2/h6-9,11,13H,3-5,10H2,1-2H3/t13-/m0/s1. The number of likely N-dealkylation sites (tertiary alicyclic amines) is 1. The van der Waals surface area contributed by atoms with Gasteiger partial charge in [-0.15, -0.1) is 0 Å². The minimum Gasteiger partial charge on any atom is -0.451 e. The van der Waals surface area contributed by atoms with E-state index in [1.165, 1.54) is 6.42 Å². The highest BCUT2D eigenvalue weighted by atomic mass is 35.5. The third-order valence-electron chi connectivity index (χ3n) is 4.33. The molecule has 0 saturated carbocycles. The highest BCUT2D eigenvalue weighted by molar-refractivity contribution is 6.30. The van der Waals surface area contributed by atoms with E-state index in [-0.39, 0.29) is 11.9 Å². The van der Waals surface area contributed by atoms with Crippen LogP contribution in [0.5, 0.6) is 0 Å². The summed E-state index contributed by atoms with van der Waals surface area (Å²) in [6.45, 7) is 4.90. The number of furan rings is 1. The maximum atomic E-state index is 12.6. The fourth-order valence-electron chi connectivity index (χ4n) is 3.04. The molecular formula is C18H20ClNO2. The molecule has 4 heteroatoms. The number of amides is 1. The molecule has 1 aromatic carbocycles. The Balaban J connectivity index is 1.85. The molecular weight excluding hydrogens is 298 g/mol. The maximum Gasteiger partial charge on any atom is 0.289 e. The van der Waals surface area contributed by atoms with E-state index < -0.39 is 0 Å². The lowest BCUT2D eigenvalue weighted by Gasteiger charge is -2.32. The molecule has 3 nitrogen and oxygen atoms in total. The lowest BCUT2D eigenvalue weighted by Crippen LogP contribution is -2.41. The monoisotopic (exact) mass is 317 g/mol. The van der Waals surface area contributed by atoms with Crippen LogP contribution < -0.4 is 0 Å². The van der Waals surface area contributed by atoms with Gasteiger partial charge in [-0.1, -0.05) is 11.6 Å². The van der Waals surface area contributed by atoms with Gasteiger partial charge in [-0.05, 0) is 69.0 Å². The minimum absolute atomic E-state index is 0.00920. The van der Waals surface area contributed by atoms with Crippen molar-refractivity contribution in [3.8, 4) is 11.3 Å². The zero-order valence-electron chi connectivity index (χ0n) is 12.9. The molecule has 1 aromatic heterocycles. The summed E-state index contributed by atoms with van der Waals surface area (Å²) in [6, 6.07) is 9.57. The molecule has 0 N–H and O–H groups in total. The third kappa shape index (κ3) is 2.91. The van der Waals surface area contributed by atoms with Crippen molar-refractivity contribution in [2.24, 2.45) is 0 Å². The topological polar surface area (TPSA) is 33.5 Å². The first-order valence-corrected chi connectivity index (χ1v) is 8.11. The fraction of sp³-hybridized carbons (Fsp3) is 0.389. The molecule has 0 unspecified atom stereocenters. The van der Waals surface area contributed by atoms with Gasteiger partial charge in [0, 0.05) is 23.2 Å². The van der Waals surface area contributed by atoms with E-state index in [0.29, 0.717) is 16.5 Å². The Morgan fingerprint density at radius 2 is 2.09 bits per heavy atom. The lowest BCUT2D eigenvalue weighted by atomic mass is 10.0. The van der Waals surface area contributed by atoms with Crippen LogP contribution in [0.4, 0.5) is 0 Å². The molecule has 116 valence electrons. The largest absolute Gasteiger partial charge is 0.451 e. The minimum atomic E-state index is -0.00920. The summed E-state index contributed by atoms with van der Waals surface area (Å²) in [5.74, 6) is 1.12. The zero-order valence-corrected chi connectivity index (χ0v) is 13.7. The predicted octanol–water partition coefficient (Wildman–Crippen LogP) is 4.92. The van der Waals surface area contributed by atoms with Crippen LogP contribution in [0.2, 0.25) is 5.02 Å². The molecule has 3 rings (SSSR count). The molecule has 0 bridgehead atoms. The van der Waals surface area contributed by atoms with E-state index in [1.54, 1.807) is 6.07 Å². The van der Waals surface area contributed by atoms with Crippen molar-refractivity contribution < 1.29 is 9.21 Å². The summed E-state index contributed by atoms with van der Waals surface area (Å²) in [4.78, 5) is 14.5. The van der Waals surface area contributed by atoms with Crippen LogP contribution in [-0.4, -0.2) is 23.4 Å². The normalized spacial score (nSPS) is 18.5. The van der Waals surface area contributed by atoms with Crippen LogP contribution in [0.1, 0.15) is 42.3 Å². The summed E-state index contributed by atoms with van der Waals surface area (Å²) >= 11 is 5.99. The molecule has 0 spiro atoms. The second-order valence-electron chi connectivity index (χ2n) is 5.97. The quantitative estimate of drug-likeness (QED) is 0.787.